The number of halogens is 4. The molecule has 3 aromatic carbocycles. The molecule has 0 N–H and O–H groups in total. The lowest BCUT2D eigenvalue weighted by atomic mass is 9.82. The maximum atomic E-state index is 13.6. The third kappa shape index (κ3) is 5.42. The molecule has 0 bridgehead atoms. The van der Waals surface area contributed by atoms with E-state index in [9.17, 15) is 26.0 Å². The lowest BCUT2D eigenvalue weighted by molar-refractivity contribution is -0.137. The fraction of sp³-hybridized carbons (Fsp3) is 0.296. The Bertz CT molecular complexity index is 1560. The molecule has 4 aromatic rings. The zero-order valence-electron chi connectivity index (χ0n) is 19.9. The highest BCUT2D eigenvalue weighted by atomic mass is 32.2. The average molecular weight is 549 g/mol. The number of rotatable bonds is 5. The molecule has 4 nitrogen and oxygen atoms in total. The molecule has 0 radical (unpaired) electrons. The van der Waals surface area contributed by atoms with Crippen LogP contribution in [-0.4, -0.2) is 38.4 Å². The highest BCUT2D eigenvalue weighted by Crippen LogP contribution is 2.41. The number of hydrogen-bond acceptors (Lipinski definition) is 5. The molecular formula is C27H24F4N2O2S2. The minimum atomic E-state index is -4.44. The van der Waals surface area contributed by atoms with E-state index in [0.717, 1.165) is 54.7 Å². The Morgan fingerprint density at radius 3 is 2.46 bits per heavy atom. The van der Waals surface area contributed by atoms with Crippen LogP contribution in [0.3, 0.4) is 0 Å². The van der Waals surface area contributed by atoms with Crippen molar-refractivity contribution in [1.82, 2.24) is 9.88 Å². The number of alkyl halides is 3. The van der Waals surface area contributed by atoms with Crippen LogP contribution >= 0.6 is 11.3 Å². The second-order valence-corrected chi connectivity index (χ2v) is 12.4. The van der Waals surface area contributed by atoms with Gasteiger partial charge in [0.15, 0.2) is 15.0 Å². The highest BCUT2D eigenvalue weighted by molar-refractivity contribution is 7.90. The Morgan fingerprint density at radius 1 is 1.03 bits per heavy atom. The van der Waals surface area contributed by atoms with Gasteiger partial charge in [-0.1, -0.05) is 41.7 Å². The first kappa shape index (κ1) is 25.8. The van der Waals surface area contributed by atoms with Crippen molar-refractivity contribution in [2.75, 3.05) is 20.1 Å². The summed E-state index contributed by atoms with van der Waals surface area (Å²) in [5.74, 6) is -0.423. The van der Waals surface area contributed by atoms with E-state index in [-0.39, 0.29) is 15.8 Å². The minimum absolute atomic E-state index is 0.0119. The molecule has 37 heavy (non-hydrogen) atoms. The van der Waals surface area contributed by atoms with Crippen molar-refractivity contribution >= 4 is 31.9 Å². The van der Waals surface area contributed by atoms with Gasteiger partial charge in [0.25, 0.3) is 0 Å². The number of sulfone groups is 1. The molecule has 0 saturated carbocycles. The molecule has 0 unspecified atom stereocenters. The van der Waals surface area contributed by atoms with Gasteiger partial charge in [0.1, 0.15) is 10.8 Å². The van der Waals surface area contributed by atoms with E-state index in [4.69, 9.17) is 0 Å². The molecule has 0 spiro atoms. The maximum Gasteiger partial charge on any atom is 0.416 e. The van der Waals surface area contributed by atoms with E-state index in [1.165, 1.54) is 18.2 Å². The smallest absolute Gasteiger partial charge is 0.306 e. The summed E-state index contributed by atoms with van der Waals surface area (Å²) in [4.78, 5) is 6.06. The van der Waals surface area contributed by atoms with Crippen molar-refractivity contribution < 1.29 is 26.0 Å². The number of likely N-dealkylation sites (tertiary alicyclic amines) is 1. The molecule has 10 heteroatoms. The normalized spacial score (nSPS) is 15.9. The topological polar surface area (TPSA) is 50.3 Å². The molecule has 1 aliphatic rings. The number of fused-ring (bicyclic) bond motifs is 1. The molecule has 1 fully saturated rings. The first-order chi connectivity index (χ1) is 17.5. The Hall–Kier alpha value is -2.82. The van der Waals surface area contributed by atoms with Crippen LogP contribution in [0.5, 0.6) is 0 Å². The van der Waals surface area contributed by atoms with Crippen LogP contribution in [0.25, 0.3) is 21.9 Å². The Balaban J connectivity index is 1.58. The van der Waals surface area contributed by atoms with E-state index in [2.05, 4.69) is 9.88 Å². The summed E-state index contributed by atoms with van der Waals surface area (Å²) < 4.78 is 80.0. The fourth-order valence-corrected chi connectivity index (χ4v) is 7.22. The van der Waals surface area contributed by atoms with Crippen molar-refractivity contribution in [2.45, 2.75) is 35.6 Å². The van der Waals surface area contributed by atoms with Crippen LogP contribution in [-0.2, 0) is 21.8 Å². The first-order valence-corrected chi connectivity index (χ1v) is 14.2. The predicted octanol–water partition coefficient (Wildman–Crippen LogP) is 6.90. The number of benzene rings is 3. The summed E-state index contributed by atoms with van der Waals surface area (Å²) >= 11 is 0.691. The standard InChI is InChI=1S/C27H24F4N2O2S2/c1-33-11-9-17(10-12-33)24-14-19(27(29,30)31)5-7-23(24)22-4-2-3-18-13-20(6-8-21(18)22)37(34,35)16-26-32-15-25(28)36-26/h2-8,13-15,17H,9-12,16H2,1H3. The van der Waals surface area contributed by atoms with Gasteiger partial charge in [-0.05, 0) is 90.6 Å². The fourth-order valence-electron chi connectivity index (χ4n) is 4.93. The average Bonchev–Trinajstić information content (AvgIpc) is 3.26. The monoisotopic (exact) mass is 548 g/mol. The molecule has 0 amide bonds. The Morgan fingerprint density at radius 2 is 1.78 bits per heavy atom. The van der Waals surface area contributed by atoms with Crippen LogP contribution in [0.2, 0.25) is 0 Å². The van der Waals surface area contributed by atoms with Gasteiger partial charge in [0.05, 0.1) is 16.7 Å². The second kappa shape index (κ2) is 9.81. The molecule has 2 heterocycles. The molecule has 194 valence electrons. The predicted molar refractivity (Wildman–Crippen MR) is 137 cm³/mol. The Labute approximate surface area is 216 Å². The van der Waals surface area contributed by atoms with Crippen molar-refractivity contribution in [3.63, 3.8) is 0 Å². The zero-order chi connectivity index (χ0) is 26.4. The van der Waals surface area contributed by atoms with E-state index in [1.807, 2.05) is 13.1 Å². The van der Waals surface area contributed by atoms with Gasteiger partial charge >= 0.3 is 6.18 Å². The highest BCUT2D eigenvalue weighted by Gasteiger charge is 2.33. The van der Waals surface area contributed by atoms with Crippen molar-refractivity contribution in [3.8, 4) is 11.1 Å². The molecular weight excluding hydrogens is 524 g/mol. The van der Waals surface area contributed by atoms with Gasteiger partial charge in [-0.25, -0.2) is 13.4 Å². The molecule has 0 aliphatic carbocycles. The van der Waals surface area contributed by atoms with Gasteiger partial charge in [0, 0.05) is 0 Å². The third-order valence-corrected chi connectivity index (χ3v) is 9.47. The number of piperidine rings is 1. The van der Waals surface area contributed by atoms with E-state index < -0.39 is 32.5 Å². The van der Waals surface area contributed by atoms with Gasteiger partial charge in [-0.15, -0.1) is 0 Å². The molecule has 1 aliphatic heterocycles. The molecule has 0 atom stereocenters. The van der Waals surface area contributed by atoms with Gasteiger partial charge in [0.2, 0.25) is 0 Å². The van der Waals surface area contributed by atoms with E-state index >= 15 is 0 Å². The summed E-state index contributed by atoms with van der Waals surface area (Å²) in [5, 5.41) is 1.01. The molecule has 5 rings (SSSR count). The van der Waals surface area contributed by atoms with Gasteiger partial charge in [-0.3, -0.25) is 0 Å². The second-order valence-electron chi connectivity index (χ2n) is 9.38. The molecule has 1 saturated heterocycles. The number of aromatic nitrogens is 1. The van der Waals surface area contributed by atoms with Crippen LogP contribution in [0.1, 0.15) is 34.9 Å². The number of hydrogen-bond donors (Lipinski definition) is 0. The van der Waals surface area contributed by atoms with Crippen LogP contribution in [0.15, 0.2) is 65.7 Å². The zero-order valence-corrected chi connectivity index (χ0v) is 21.6. The van der Waals surface area contributed by atoms with Crippen molar-refractivity contribution in [2.24, 2.45) is 0 Å². The van der Waals surface area contributed by atoms with E-state index in [1.54, 1.807) is 24.3 Å². The third-order valence-electron chi connectivity index (χ3n) is 6.88. The maximum absolute atomic E-state index is 13.6. The summed E-state index contributed by atoms with van der Waals surface area (Å²) in [7, 11) is -1.77. The summed E-state index contributed by atoms with van der Waals surface area (Å²) in [6, 6.07) is 14.1. The lowest BCUT2D eigenvalue weighted by Crippen LogP contribution is -2.29. The largest absolute Gasteiger partial charge is 0.416 e. The summed E-state index contributed by atoms with van der Waals surface area (Å²) in [6.07, 6.45) is -1.93. The Kier molecular flexibility index (Phi) is 6.84. The number of thiazole rings is 1. The van der Waals surface area contributed by atoms with Crippen LogP contribution in [0, 0.1) is 5.13 Å². The van der Waals surface area contributed by atoms with Crippen LogP contribution < -0.4 is 0 Å². The van der Waals surface area contributed by atoms with Crippen molar-refractivity contribution in [1.29, 1.82) is 0 Å². The van der Waals surface area contributed by atoms with Crippen molar-refractivity contribution in [3.05, 3.63) is 82.1 Å². The van der Waals surface area contributed by atoms with Gasteiger partial charge in [-0.2, -0.15) is 17.6 Å². The summed E-state index contributed by atoms with van der Waals surface area (Å²) in [5.41, 5.74) is 1.48. The minimum Gasteiger partial charge on any atom is -0.306 e. The van der Waals surface area contributed by atoms with Gasteiger partial charge < -0.3 is 4.90 Å². The lowest BCUT2D eigenvalue weighted by Gasteiger charge is -2.31. The van der Waals surface area contributed by atoms with E-state index in [0.29, 0.717) is 22.3 Å². The molecule has 1 aromatic heterocycles. The number of nitrogens with zero attached hydrogens (tertiary/aromatic N) is 2. The summed E-state index contributed by atoms with van der Waals surface area (Å²) in [6.45, 7) is 1.61. The van der Waals surface area contributed by atoms with Crippen LogP contribution in [0.4, 0.5) is 17.6 Å². The quantitative estimate of drug-likeness (QED) is 0.255. The first-order valence-electron chi connectivity index (χ1n) is 11.8. The SMILES string of the molecule is CN1CCC(c2cc(C(F)(F)F)ccc2-c2cccc3cc(S(=O)(=O)Cc4ncc(F)s4)ccc23)CC1.